The molecular formula is C9H15NO4. The molecule has 0 rings (SSSR count). The van der Waals surface area contributed by atoms with E-state index < -0.39 is 18.1 Å². The number of aliphatic hydroxyl groups is 1. The zero-order valence-electron chi connectivity index (χ0n) is 8.27. The van der Waals surface area contributed by atoms with Crippen molar-refractivity contribution < 1.29 is 19.4 Å². The van der Waals surface area contributed by atoms with E-state index in [9.17, 15) is 14.7 Å². The fourth-order valence-electron chi connectivity index (χ4n) is 0.920. The Balaban J connectivity index is 4.40. The van der Waals surface area contributed by atoms with Gasteiger partial charge < -0.3 is 15.2 Å². The molecule has 0 aliphatic rings. The molecule has 1 amide bonds. The Morgan fingerprint density at radius 3 is 2.71 bits per heavy atom. The molecule has 0 bridgehead atoms. The Bertz CT molecular complexity index is 215. The standard InChI is InChI=1S/C9H15NO4/c1-3-5-7(12)8(10-6-11)9(13)14-4-2/h3,5-8,12H,4H2,1-2H3,(H,10,11). The van der Waals surface area contributed by atoms with Gasteiger partial charge in [0.1, 0.15) is 6.10 Å². The molecular weight excluding hydrogens is 186 g/mol. The number of allylic oxidation sites excluding steroid dienone is 1. The molecule has 0 heterocycles. The van der Waals surface area contributed by atoms with Crippen molar-refractivity contribution in [2.45, 2.75) is 26.0 Å². The van der Waals surface area contributed by atoms with Crippen LogP contribution in [0.15, 0.2) is 12.2 Å². The molecule has 2 unspecified atom stereocenters. The second kappa shape index (κ2) is 7.08. The molecule has 0 aromatic rings. The Morgan fingerprint density at radius 2 is 2.29 bits per heavy atom. The lowest BCUT2D eigenvalue weighted by molar-refractivity contribution is -0.148. The van der Waals surface area contributed by atoms with Gasteiger partial charge in [0, 0.05) is 0 Å². The van der Waals surface area contributed by atoms with E-state index in [-0.39, 0.29) is 6.61 Å². The van der Waals surface area contributed by atoms with Crippen LogP contribution in [0.3, 0.4) is 0 Å². The summed E-state index contributed by atoms with van der Waals surface area (Å²) < 4.78 is 4.67. The highest BCUT2D eigenvalue weighted by molar-refractivity contribution is 5.79. The van der Waals surface area contributed by atoms with E-state index in [1.807, 2.05) is 0 Å². The number of aliphatic hydroxyl groups excluding tert-OH is 1. The van der Waals surface area contributed by atoms with Crippen molar-refractivity contribution in [1.29, 1.82) is 0 Å². The van der Waals surface area contributed by atoms with E-state index in [2.05, 4.69) is 10.1 Å². The molecule has 14 heavy (non-hydrogen) atoms. The molecule has 0 radical (unpaired) electrons. The van der Waals surface area contributed by atoms with Crippen LogP contribution in [0.5, 0.6) is 0 Å². The maximum atomic E-state index is 11.2. The molecule has 0 aliphatic heterocycles. The maximum Gasteiger partial charge on any atom is 0.331 e. The quantitative estimate of drug-likeness (QED) is 0.348. The first kappa shape index (κ1) is 12.6. The highest BCUT2D eigenvalue weighted by atomic mass is 16.5. The van der Waals surface area contributed by atoms with Gasteiger partial charge in [0.05, 0.1) is 6.61 Å². The number of hydrogen-bond acceptors (Lipinski definition) is 4. The normalized spacial score (nSPS) is 14.8. The van der Waals surface area contributed by atoms with E-state index in [4.69, 9.17) is 0 Å². The van der Waals surface area contributed by atoms with E-state index in [1.165, 1.54) is 6.08 Å². The summed E-state index contributed by atoms with van der Waals surface area (Å²) in [4.78, 5) is 21.4. The van der Waals surface area contributed by atoms with Crippen molar-refractivity contribution in [3.63, 3.8) is 0 Å². The highest BCUT2D eigenvalue weighted by Crippen LogP contribution is 1.98. The van der Waals surface area contributed by atoms with Gasteiger partial charge in [-0.25, -0.2) is 4.79 Å². The van der Waals surface area contributed by atoms with Crippen molar-refractivity contribution in [2.24, 2.45) is 0 Å². The van der Waals surface area contributed by atoms with E-state index in [0.717, 1.165) is 0 Å². The predicted molar refractivity (Wildman–Crippen MR) is 50.4 cm³/mol. The summed E-state index contributed by atoms with van der Waals surface area (Å²) in [7, 11) is 0. The smallest absolute Gasteiger partial charge is 0.331 e. The number of hydrogen-bond donors (Lipinski definition) is 2. The number of ether oxygens (including phenoxy) is 1. The highest BCUT2D eigenvalue weighted by Gasteiger charge is 2.25. The third-order valence-electron chi connectivity index (χ3n) is 1.52. The van der Waals surface area contributed by atoms with Crippen LogP contribution in [0.4, 0.5) is 0 Å². The molecule has 5 nitrogen and oxygen atoms in total. The van der Waals surface area contributed by atoms with Gasteiger partial charge in [-0.3, -0.25) is 4.79 Å². The maximum absolute atomic E-state index is 11.2. The van der Waals surface area contributed by atoms with E-state index in [1.54, 1.807) is 19.9 Å². The van der Waals surface area contributed by atoms with Gasteiger partial charge in [0.15, 0.2) is 6.04 Å². The van der Waals surface area contributed by atoms with Crippen LogP contribution in [0.1, 0.15) is 13.8 Å². The minimum absolute atomic E-state index is 0.207. The van der Waals surface area contributed by atoms with Crippen molar-refractivity contribution in [3.05, 3.63) is 12.2 Å². The number of carbonyl (C=O) groups excluding carboxylic acids is 2. The zero-order valence-corrected chi connectivity index (χ0v) is 8.27. The fraction of sp³-hybridized carbons (Fsp3) is 0.556. The van der Waals surface area contributed by atoms with Crippen LogP contribution in [0.25, 0.3) is 0 Å². The molecule has 0 saturated carbocycles. The second-order valence-electron chi connectivity index (χ2n) is 2.53. The van der Waals surface area contributed by atoms with Gasteiger partial charge in [0.2, 0.25) is 6.41 Å². The predicted octanol–water partition coefficient (Wildman–Crippen LogP) is -0.399. The van der Waals surface area contributed by atoms with E-state index >= 15 is 0 Å². The summed E-state index contributed by atoms with van der Waals surface area (Å²) in [5.74, 6) is -0.648. The van der Waals surface area contributed by atoms with Gasteiger partial charge >= 0.3 is 5.97 Å². The summed E-state index contributed by atoms with van der Waals surface area (Å²) in [5, 5.41) is 11.6. The van der Waals surface area contributed by atoms with Crippen LogP contribution < -0.4 is 5.32 Å². The van der Waals surface area contributed by atoms with Crippen LogP contribution in [0.2, 0.25) is 0 Å². The number of carbonyl (C=O) groups is 2. The van der Waals surface area contributed by atoms with Gasteiger partial charge in [-0.2, -0.15) is 0 Å². The topological polar surface area (TPSA) is 75.6 Å². The Hall–Kier alpha value is -1.36. The molecule has 2 atom stereocenters. The molecule has 80 valence electrons. The van der Waals surface area contributed by atoms with Gasteiger partial charge in [-0.05, 0) is 13.8 Å². The molecule has 0 spiro atoms. The lowest BCUT2D eigenvalue weighted by Gasteiger charge is -2.17. The summed E-state index contributed by atoms with van der Waals surface area (Å²) in [6, 6.07) is -1.04. The minimum atomic E-state index is -1.07. The molecule has 0 aromatic carbocycles. The average Bonchev–Trinajstić information content (AvgIpc) is 2.14. The zero-order chi connectivity index (χ0) is 11.0. The Kier molecular flexibility index (Phi) is 6.39. The van der Waals surface area contributed by atoms with Gasteiger partial charge in [-0.15, -0.1) is 0 Å². The molecule has 5 heteroatoms. The fourth-order valence-corrected chi connectivity index (χ4v) is 0.920. The monoisotopic (exact) mass is 201 g/mol. The summed E-state index contributed by atoms with van der Waals surface area (Å²) >= 11 is 0. The number of esters is 1. The van der Waals surface area contributed by atoms with Gasteiger partial charge in [0.25, 0.3) is 0 Å². The van der Waals surface area contributed by atoms with E-state index in [0.29, 0.717) is 6.41 Å². The third kappa shape index (κ3) is 4.04. The molecule has 2 N–H and O–H groups in total. The first-order valence-electron chi connectivity index (χ1n) is 4.34. The summed E-state index contributed by atoms with van der Waals surface area (Å²) in [5.41, 5.74) is 0. The Labute approximate surface area is 82.7 Å². The largest absolute Gasteiger partial charge is 0.464 e. The first-order valence-corrected chi connectivity index (χ1v) is 4.34. The van der Waals surface area contributed by atoms with Crippen LogP contribution in [-0.4, -0.2) is 36.2 Å². The summed E-state index contributed by atoms with van der Waals surface area (Å²) in [6.07, 6.45) is 2.28. The number of amides is 1. The van der Waals surface area contributed by atoms with Gasteiger partial charge in [-0.1, -0.05) is 12.2 Å². The molecule has 0 aromatic heterocycles. The summed E-state index contributed by atoms with van der Waals surface area (Å²) in [6.45, 7) is 3.56. The number of nitrogens with one attached hydrogen (secondary N) is 1. The van der Waals surface area contributed by atoms with Crippen molar-refractivity contribution in [2.75, 3.05) is 6.61 Å². The third-order valence-corrected chi connectivity index (χ3v) is 1.52. The second-order valence-corrected chi connectivity index (χ2v) is 2.53. The van der Waals surface area contributed by atoms with Crippen molar-refractivity contribution in [1.82, 2.24) is 5.32 Å². The Morgan fingerprint density at radius 1 is 1.64 bits per heavy atom. The van der Waals surface area contributed by atoms with Crippen LogP contribution in [0, 0.1) is 0 Å². The molecule has 0 aliphatic carbocycles. The van der Waals surface area contributed by atoms with Crippen LogP contribution in [-0.2, 0) is 14.3 Å². The lowest BCUT2D eigenvalue weighted by Crippen LogP contribution is -2.45. The van der Waals surface area contributed by atoms with Crippen molar-refractivity contribution >= 4 is 12.4 Å². The average molecular weight is 201 g/mol. The lowest BCUT2D eigenvalue weighted by atomic mass is 10.1. The van der Waals surface area contributed by atoms with Crippen LogP contribution >= 0.6 is 0 Å². The molecule has 0 fully saturated rings. The first-order chi connectivity index (χ1) is 6.67. The minimum Gasteiger partial charge on any atom is -0.464 e. The molecule has 0 saturated heterocycles. The SMILES string of the molecule is CC=CC(O)C(NC=O)C(=O)OCC. The number of rotatable bonds is 6. The van der Waals surface area contributed by atoms with Crippen molar-refractivity contribution in [3.8, 4) is 0 Å².